The largest absolute Gasteiger partial charge is 0.399 e. The number of nitrogens with zero attached hydrogens (tertiary/aromatic N) is 3. The van der Waals surface area contributed by atoms with Crippen molar-refractivity contribution in [3.8, 4) is 0 Å². The SMILES string of the molecule is CC(C)n1c(C2CCCN(C(=O)c3cccc(N)c3)C2)nc2ccccc21.Cl.Cl. The van der Waals surface area contributed by atoms with Crippen molar-refractivity contribution in [3.05, 3.63) is 59.9 Å². The topological polar surface area (TPSA) is 64.2 Å². The lowest BCUT2D eigenvalue weighted by Crippen LogP contribution is -2.39. The molecule has 1 aliphatic heterocycles. The van der Waals surface area contributed by atoms with E-state index in [0.29, 0.717) is 23.8 Å². The molecule has 1 aliphatic rings. The zero-order chi connectivity index (χ0) is 19.0. The van der Waals surface area contributed by atoms with Gasteiger partial charge in [-0.3, -0.25) is 4.79 Å². The zero-order valence-corrected chi connectivity index (χ0v) is 18.4. The Morgan fingerprint density at radius 2 is 1.90 bits per heavy atom. The Morgan fingerprint density at radius 3 is 2.62 bits per heavy atom. The van der Waals surface area contributed by atoms with E-state index in [9.17, 15) is 4.79 Å². The quantitative estimate of drug-likeness (QED) is 0.585. The minimum atomic E-state index is 0. The molecule has 1 fully saturated rings. The van der Waals surface area contributed by atoms with Crippen LogP contribution in [0.4, 0.5) is 5.69 Å². The zero-order valence-electron chi connectivity index (χ0n) is 16.7. The van der Waals surface area contributed by atoms with Gasteiger partial charge in [0.05, 0.1) is 11.0 Å². The third-order valence-electron chi connectivity index (χ3n) is 5.35. The number of piperidine rings is 1. The predicted octanol–water partition coefficient (Wildman–Crippen LogP) is 5.06. The molecule has 1 atom stereocenters. The molecule has 0 spiro atoms. The van der Waals surface area contributed by atoms with Gasteiger partial charge in [-0.05, 0) is 57.0 Å². The molecule has 5 nitrogen and oxygen atoms in total. The van der Waals surface area contributed by atoms with Crippen LogP contribution in [-0.4, -0.2) is 33.4 Å². The molecule has 1 aromatic heterocycles. The lowest BCUT2D eigenvalue weighted by atomic mass is 9.96. The van der Waals surface area contributed by atoms with Gasteiger partial charge < -0.3 is 15.2 Å². The summed E-state index contributed by atoms with van der Waals surface area (Å²) in [6.45, 7) is 5.86. The molecule has 4 rings (SSSR count). The highest BCUT2D eigenvalue weighted by Crippen LogP contribution is 2.32. The Bertz CT molecular complexity index is 986. The third-order valence-corrected chi connectivity index (χ3v) is 5.35. The molecule has 0 bridgehead atoms. The number of nitrogens with two attached hydrogens (primary N) is 1. The van der Waals surface area contributed by atoms with Gasteiger partial charge in [-0.15, -0.1) is 24.8 Å². The summed E-state index contributed by atoms with van der Waals surface area (Å²) in [6, 6.07) is 15.8. The minimum absolute atomic E-state index is 0. The van der Waals surface area contributed by atoms with E-state index in [-0.39, 0.29) is 36.6 Å². The van der Waals surface area contributed by atoms with E-state index in [0.717, 1.165) is 30.7 Å². The first-order valence-corrected chi connectivity index (χ1v) is 9.66. The van der Waals surface area contributed by atoms with Crippen molar-refractivity contribution >= 4 is 47.4 Å². The van der Waals surface area contributed by atoms with E-state index in [4.69, 9.17) is 10.7 Å². The van der Waals surface area contributed by atoms with Crippen LogP contribution in [-0.2, 0) is 0 Å². The molecule has 156 valence electrons. The molecule has 0 saturated carbocycles. The molecule has 3 aromatic rings. The second-order valence-electron chi connectivity index (χ2n) is 7.64. The number of fused-ring (bicyclic) bond motifs is 1. The van der Waals surface area contributed by atoms with Crippen LogP contribution in [0, 0.1) is 0 Å². The lowest BCUT2D eigenvalue weighted by Gasteiger charge is -2.33. The first-order valence-electron chi connectivity index (χ1n) is 9.66. The fourth-order valence-corrected chi connectivity index (χ4v) is 4.12. The van der Waals surface area contributed by atoms with Crippen LogP contribution in [0.25, 0.3) is 11.0 Å². The summed E-state index contributed by atoms with van der Waals surface area (Å²) in [5.74, 6) is 1.40. The van der Waals surface area contributed by atoms with E-state index < -0.39 is 0 Å². The van der Waals surface area contributed by atoms with Crippen LogP contribution >= 0.6 is 24.8 Å². The number of para-hydroxylation sites is 2. The van der Waals surface area contributed by atoms with E-state index in [1.165, 1.54) is 5.52 Å². The number of nitrogen functional groups attached to an aromatic ring is 1. The molecule has 1 saturated heterocycles. The van der Waals surface area contributed by atoms with Crippen molar-refractivity contribution in [1.82, 2.24) is 14.5 Å². The number of imidazole rings is 1. The van der Waals surface area contributed by atoms with Gasteiger partial charge in [0.25, 0.3) is 5.91 Å². The maximum atomic E-state index is 13.0. The van der Waals surface area contributed by atoms with E-state index in [2.05, 4.69) is 36.6 Å². The summed E-state index contributed by atoms with van der Waals surface area (Å²) in [7, 11) is 0. The lowest BCUT2D eigenvalue weighted by molar-refractivity contribution is 0.0703. The molecular formula is C22H28Cl2N4O. The maximum absolute atomic E-state index is 13.0. The summed E-state index contributed by atoms with van der Waals surface area (Å²) >= 11 is 0. The Hall–Kier alpha value is -2.24. The molecule has 0 radical (unpaired) electrons. The van der Waals surface area contributed by atoms with Crippen molar-refractivity contribution in [2.75, 3.05) is 18.8 Å². The fraction of sp³-hybridized carbons (Fsp3) is 0.364. The van der Waals surface area contributed by atoms with E-state index in [1.54, 1.807) is 12.1 Å². The number of aromatic nitrogens is 2. The van der Waals surface area contributed by atoms with Crippen LogP contribution < -0.4 is 5.73 Å². The monoisotopic (exact) mass is 434 g/mol. The highest BCUT2D eigenvalue weighted by atomic mass is 35.5. The van der Waals surface area contributed by atoms with Crippen LogP contribution in [0.5, 0.6) is 0 Å². The van der Waals surface area contributed by atoms with Gasteiger partial charge in [0.2, 0.25) is 0 Å². The summed E-state index contributed by atoms with van der Waals surface area (Å²) in [6.07, 6.45) is 2.04. The van der Waals surface area contributed by atoms with Gasteiger partial charge in [-0.2, -0.15) is 0 Å². The van der Waals surface area contributed by atoms with E-state index >= 15 is 0 Å². The first kappa shape index (κ1) is 23.0. The molecule has 2 aromatic carbocycles. The molecule has 2 heterocycles. The first-order chi connectivity index (χ1) is 13.0. The van der Waals surface area contributed by atoms with Gasteiger partial charge in [0, 0.05) is 36.3 Å². The number of carbonyl (C=O) groups excluding carboxylic acids is 1. The number of carbonyl (C=O) groups is 1. The number of anilines is 1. The van der Waals surface area contributed by atoms with Crippen molar-refractivity contribution in [2.45, 2.75) is 38.6 Å². The van der Waals surface area contributed by atoms with E-state index in [1.807, 2.05) is 23.1 Å². The number of rotatable bonds is 3. The molecule has 1 unspecified atom stereocenters. The average Bonchev–Trinajstić information content (AvgIpc) is 3.07. The van der Waals surface area contributed by atoms with Crippen LogP contribution in [0.1, 0.15) is 54.8 Å². The maximum Gasteiger partial charge on any atom is 0.253 e. The van der Waals surface area contributed by atoms with Gasteiger partial charge >= 0.3 is 0 Å². The minimum Gasteiger partial charge on any atom is -0.399 e. The summed E-state index contributed by atoms with van der Waals surface area (Å²) in [5, 5.41) is 0. The smallest absolute Gasteiger partial charge is 0.253 e. The number of hydrogen-bond donors (Lipinski definition) is 1. The Kier molecular flexibility index (Phi) is 7.55. The standard InChI is InChI=1S/C22H26N4O.2ClH/c1-15(2)26-20-11-4-3-10-19(20)24-21(26)17-8-6-12-25(14-17)22(27)16-7-5-9-18(23)13-16;;/h3-5,7,9-11,13,15,17H,6,8,12,14,23H2,1-2H3;2*1H. The average molecular weight is 435 g/mol. The molecule has 2 N–H and O–H groups in total. The van der Waals surface area contributed by atoms with Crippen molar-refractivity contribution in [2.24, 2.45) is 0 Å². The molecule has 0 aliphatic carbocycles. The third kappa shape index (κ3) is 4.51. The van der Waals surface area contributed by atoms with Crippen molar-refractivity contribution < 1.29 is 4.79 Å². The van der Waals surface area contributed by atoms with Crippen molar-refractivity contribution in [1.29, 1.82) is 0 Å². The molecule has 7 heteroatoms. The number of likely N-dealkylation sites (tertiary alicyclic amines) is 1. The number of hydrogen-bond acceptors (Lipinski definition) is 3. The second kappa shape index (κ2) is 9.51. The molecule has 1 amide bonds. The Morgan fingerprint density at radius 1 is 1.14 bits per heavy atom. The molecular weight excluding hydrogens is 407 g/mol. The summed E-state index contributed by atoms with van der Waals surface area (Å²) in [5.41, 5.74) is 9.33. The normalized spacial score (nSPS) is 16.4. The van der Waals surface area contributed by atoms with Gasteiger partial charge in [0.15, 0.2) is 0 Å². The van der Waals surface area contributed by atoms with Gasteiger partial charge in [-0.25, -0.2) is 4.98 Å². The molecule has 29 heavy (non-hydrogen) atoms. The summed E-state index contributed by atoms with van der Waals surface area (Å²) in [4.78, 5) is 19.9. The number of benzene rings is 2. The summed E-state index contributed by atoms with van der Waals surface area (Å²) < 4.78 is 2.33. The fourth-order valence-electron chi connectivity index (χ4n) is 4.12. The Labute approximate surface area is 184 Å². The van der Waals surface area contributed by atoms with Crippen LogP contribution in [0.15, 0.2) is 48.5 Å². The number of amides is 1. The number of halogens is 2. The van der Waals surface area contributed by atoms with Gasteiger partial charge in [-0.1, -0.05) is 18.2 Å². The predicted molar refractivity (Wildman–Crippen MR) is 123 cm³/mol. The van der Waals surface area contributed by atoms with Crippen LogP contribution in [0.2, 0.25) is 0 Å². The van der Waals surface area contributed by atoms with Crippen LogP contribution in [0.3, 0.4) is 0 Å². The highest BCUT2D eigenvalue weighted by Gasteiger charge is 2.29. The second-order valence-corrected chi connectivity index (χ2v) is 7.64. The van der Waals surface area contributed by atoms with Gasteiger partial charge in [0.1, 0.15) is 5.82 Å². The highest BCUT2D eigenvalue weighted by molar-refractivity contribution is 5.95. The van der Waals surface area contributed by atoms with Crippen molar-refractivity contribution in [3.63, 3.8) is 0 Å². The Balaban J connectivity index is 0.00000150.